The van der Waals surface area contributed by atoms with Gasteiger partial charge in [0.05, 0.1) is 12.3 Å². The lowest BCUT2D eigenvalue weighted by atomic mass is 9.86. The number of nitrogens with zero attached hydrogens (tertiary/aromatic N) is 2. The van der Waals surface area contributed by atoms with Crippen LogP contribution in [-0.4, -0.2) is 14.9 Å². The number of benzene rings is 1. The molecular weight excluding hydrogens is 250 g/mol. The lowest BCUT2D eigenvalue weighted by Crippen LogP contribution is -2.11. The van der Waals surface area contributed by atoms with Gasteiger partial charge in [-0.05, 0) is 16.5 Å². The Kier molecular flexibility index (Phi) is 3.86. The monoisotopic (exact) mass is 273 g/mol. The van der Waals surface area contributed by atoms with E-state index in [1.807, 2.05) is 0 Å². The molecule has 0 saturated heterocycles. The van der Waals surface area contributed by atoms with Gasteiger partial charge in [0.1, 0.15) is 5.82 Å². The summed E-state index contributed by atoms with van der Waals surface area (Å²) in [6.45, 7) is 6.56. The highest BCUT2D eigenvalue weighted by Crippen LogP contribution is 2.25. The Bertz CT molecular complexity index is 579. The van der Waals surface area contributed by atoms with E-state index in [-0.39, 0.29) is 5.41 Å². The van der Waals surface area contributed by atoms with Crippen LogP contribution < -0.4 is 5.73 Å². The quantitative estimate of drug-likeness (QED) is 0.903. The van der Waals surface area contributed by atoms with Gasteiger partial charge in [0.15, 0.2) is 0 Å². The second-order valence-corrected chi connectivity index (χ2v) is 6.28. The van der Waals surface area contributed by atoms with Gasteiger partial charge in [-0.3, -0.25) is 4.68 Å². The van der Waals surface area contributed by atoms with Gasteiger partial charge in [-0.25, -0.2) is 0 Å². The molecule has 1 atom stereocenters. The molecule has 4 heteroatoms. The summed E-state index contributed by atoms with van der Waals surface area (Å²) >= 11 is 0. The second-order valence-electron chi connectivity index (χ2n) is 6.28. The fourth-order valence-corrected chi connectivity index (χ4v) is 2.19. The fourth-order valence-electron chi connectivity index (χ4n) is 2.19. The minimum absolute atomic E-state index is 0.144. The third-order valence-corrected chi connectivity index (χ3v) is 3.62. The molecule has 1 heterocycles. The lowest BCUT2D eigenvalue weighted by molar-refractivity contribution is 0.179. The van der Waals surface area contributed by atoms with Crippen LogP contribution in [0.15, 0.2) is 30.5 Å². The Labute approximate surface area is 120 Å². The van der Waals surface area contributed by atoms with E-state index in [0.717, 1.165) is 5.56 Å². The zero-order chi connectivity index (χ0) is 14.9. The zero-order valence-corrected chi connectivity index (χ0v) is 12.6. The van der Waals surface area contributed by atoms with Crippen molar-refractivity contribution >= 4 is 5.82 Å². The first-order valence-electron chi connectivity index (χ1n) is 6.84. The van der Waals surface area contributed by atoms with E-state index in [1.54, 1.807) is 17.9 Å². The first-order valence-corrected chi connectivity index (χ1v) is 6.84. The van der Waals surface area contributed by atoms with E-state index in [9.17, 15) is 5.11 Å². The lowest BCUT2D eigenvalue weighted by Gasteiger charge is -2.19. The predicted octanol–water partition coefficient (Wildman–Crippen LogP) is 2.58. The maximum absolute atomic E-state index is 10.3. The van der Waals surface area contributed by atoms with Gasteiger partial charge in [0.25, 0.3) is 0 Å². The largest absolute Gasteiger partial charge is 0.388 e. The molecule has 4 nitrogen and oxygen atoms in total. The van der Waals surface area contributed by atoms with Crippen molar-refractivity contribution in [2.45, 2.75) is 38.7 Å². The summed E-state index contributed by atoms with van der Waals surface area (Å²) in [4.78, 5) is 0. The van der Waals surface area contributed by atoms with Crippen LogP contribution in [0.2, 0.25) is 0 Å². The number of nitrogens with two attached hydrogens (primary N) is 1. The van der Waals surface area contributed by atoms with E-state index in [0.29, 0.717) is 17.8 Å². The summed E-state index contributed by atoms with van der Waals surface area (Å²) in [6, 6.07) is 8.37. The first kappa shape index (κ1) is 14.6. The van der Waals surface area contributed by atoms with Crippen molar-refractivity contribution < 1.29 is 5.11 Å². The highest BCUT2D eigenvalue weighted by molar-refractivity contribution is 5.41. The van der Waals surface area contributed by atoms with Crippen molar-refractivity contribution in [3.05, 3.63) is 47.2 Å². The maximum Gasteiger partial charge on any atom is 0.127 e. The molecule has 0 amide bonds. The van der Waals surface area contributed by atoms with Crippen LogP contribution >= 0.6 is 0 Å². The van der Waals surface area contributed by atoms with Crippen LogP contribution in [0, 0.1) is 0 Å². The van der Waals surface area contributed by atoms with Crippen molar-refractivity contribution in [1.29, 1.82) is 0 Å². The molecule has 108 valence electrons. The molecule has 0 bridgehead atoms. The number of hydrogen-bond donors (Lipinski definition) is 2. The van der Waals surface area contributed by atoms with Gasteiger partial charge >= 0.3 is 0 Å². The molecule has 0 spiro atoms. The number of nitrogen functional groups attached to an aromatic ring is 1. The van der Waals surface area contributed by atoms with Crippen LogP contribution in [0.3, 0.4) is 0 Å². The van der Waals surface area contributed by atoms with E-state index in [2.05, 4.69) is 50.1 Å². The van der Waals surface area contributed by atoms with E-state index >= 15 is 0 Å². The Hall–Kier alpha value is -1.81. The van der Waals surface area contributed by atoms with Gasteiger partial charge in [0, 0.05) is 19.0 Å². The number of hydrogen-bond acceptors (Lipinski definition) is 3. The molecule has 20 heavy (non-hydrogen) atoms. The average Bonchev–Trinajstić information content (AvgIpc) is 2.69. The summed E-state index contributed by atoms with van der Waals surface area (Å²) in [5, 5.41) is 14.3. The van der Waals surface area contributed by atoms with Crippen molar-refractivity contribution in [2.75, 3.05) is 5.73 Å². The molecule has 0 aliphatic rings. The number of aliphatic hydroxyl groups excluding tert-OH is 1. The van der Waals surface area contributed by atoms with Crippen LogP contribution in [0.5, 0.6) is 0 Å². The molecule has 0 fully saturated rings. The molecule has 0 aliphatic carbocycles. The number of aryl methyl sites for hydroxylation is 1. The molecule has 2 rings (SSSR count). The van der Waals surface area contributed by atoms with Crippen LogP contribution in [0.25, 0.3) is 0 Å². The topological polar surface area (TPSA) is 64.1 Å². The van der Waals surface area contributed by atoms with Gasteiger partial charge in [-0.15, -0.1) is 0 Å². The third kappa shape index (κ3) is 3.02. The minimum atomic E-state index is -0.621. The molecule has 2 aromatic rings. The van der Waals surface area contributed by atoms with E-state index < -0.39 is 6.10 Å². The first-order chi connectivity index (χ1) is 9.29. The molecule has 1 aromatic carbocycles. The number of aliphatic hydroxyl groups is 1. The molecule has 0 aliphatic heterocycles. The van der Waals surface area contributed by atoms with Crippen molar-refractivity contribution in [2.24, 2.45) is 7.05 Å². The maximum atomic E-state index is 10.3. The Morgan fingerprint density at radius 3 is 2.30 bits per heavy atom. The summed E-state index contributed by atoms with van der Waals surface area (Å²) in [6.07, 6.45) is 1.55. The van der Waals surface area contributed by atoms with Gasteiger partial charge in [-0.2, -0.15) is 5.10 Å². The number of anilines is 1. The molecule has 3 N–H and O–H groups in total. The van der Waals surface area contributed by atoms with Crippen LogP contribution in [0.4, 0.5) is 5.82 Å². The Balaban J connectivity index is 2.12. The average molecular weight is 273 g/mol. The molecule has 0 radical (unpaired) electrons. The summed E-state index contributed by atoms with van der Waals surface area (Å²) in [5.41, 5.74) is 9.09. The van der Waals surface area contributed by atoms with Gasteiger partial charge in [0.2, 0.25) is 0 Å². The SMILES string of the molecule is Cn1ncc(C(O)Cc2ccc(C(C)(C)C)cc2)c1N. The molecule has 1 unspecified atom stereocenters. The molecule has 1 aromatic heterocycles. The Morgan fingerprint density at radius 2 is 1.85 bits per heavy atom. The zero-order valence-electron chi connectivity index (χ0n) is 12.6. The summed E-state index contributed by atoms with van der Waals surface area (Å²) in [5.74, 6) is 0.517. The van der Waals surface area contributed by atoms with Gasteiger partial charge in [-0.1, -0.05) is 45.0 Å². The van der Waals surface area contributed by atoms with Crippen LogP contribution in [0.1, 0.15) is 43.6 Å². The standard InChI is InChI=1S/C16H23N3O/c1-16(2,3)12-7-5-11(6-8-12)9-14(20)13-10-18-19(4)15(13)17/h5-8,10,14,20H,9,17H2,1-4H3. The van der Waals surface area contributed by atoms with E-state index in [4.69, 9.17) is 5.73 Å². The molecular formula is C16H23N3O. The number of rotatable bonds is 3. The number of aromatic nitrogens is 2. The third-order valence-electron chi connectivity index (χ3n) is 3.62. The normalized spacial score (nSPS) is 13.4. The second kappa shape index (κ2) is 5.29. The van der Waals surface area contributed by atoms with Crippen molar-refractivity contribution in [3.63, 3.8) is 0 Å². The van der Waals surface area contributed by atoms with Crippen LogP contribution in [-0.2, 0) is 18.9 Å². The highest BCUT2D eigenvalue weighted by atomic mass is 16.3. The summed E-state index contributed by atoms with van der Waals surface area (Å²) in [7, 11) is 1.77. The summed E-state index contributed by atoms with van der Waals surface area (Å²) < 4.78 is 1.57. The fraction of sp³-hybridized carbons (Fsp3) is 0.438. The molecule has 0 saturated carbocycles. The minimum Gasteiger partial charge on any atom is -0.388 e. The predicted molar refractivity (Wildman–Crippen MR) is 81.4 cm³/mol. The van der Waals surface area contributed by atoms with E-state index in [1.165, 1.54) is 5.56 Å². The van der Waals surface area contributed by atoms with Gasteiger partial charge < -0.3 is 10.8 Å². The van der Waals surface area contributed by atoms with Crippen molar-refractivity contribution in [1.82, 2.24) is 9.78 Å². The smallest absolute Gasteiger partial charge is 0.127 e. The van der Waals surface area contributed by atoms with Crippen molar-refractivity contribution in [3.8, 4) is 0 Å². The highest BCUT2D eigenvalue weighted by Gasteiger charge is 2.16. The Morgan fingerprint density at radius 1 is 1.25 bits per heavy atom.